The van der Waals surface area contributed by atoms with Crippen molar-refractivity contribution in [3.8, 4) is 0 Å². The molecule has 0 aromatic carbocycles. The summed E-state index contributed by atoms with van der Waals surface area (Å²) in [6.45, 7) is 4.00. The van der Waals surface area contributed by atoms with Gasteiger partial charge in [-0.15, -0.1) is 0 Å². The molecule has 0 aromatic rings. The van der Waals surface area contributed by atoms with Crippen LogP contribution in [0.4, 0.5) is 0 Å². The molecular formula is C8H16O2Ti2. The Bertz CT molecular complexity index is 107. The van der Waals surface area contributed by atoms with Gasteiger partial charge in [0, 0.05) is 43.4 Å². The second-order valence-corrected chi connectivity index (χ2v) is 2.59. The molecule has 1 unspecified atom stereocenters. The van der Waals surface area contributed by atoms with Crippen LogP contribution in [0.5, 0.6) is 0 Å². The van der Waals surface area contributed by atoms with Crippen LogP contribution in [-0.2, 0) is 48.2 Å². The molecule has 0 amide bonds. The number of carboxylic acids is 1. The van der Waals surface area contributed by atoms with E-state index in [4.69, 9.17) is 5.11 Å². The number of rotatable bonds is 5. The Hall–Kier alpha value is 0.899. The third-order valence-electron chi connectivity index (χ3n) is 1.75. The molecule has 0 radical (unpaired) electrons. The molecule has 0 aromatic heterocycles. The van der Waals surface area contributed by atoms with Gasteiger partial charge in [-0.3, -0.25) is 4.79 Å². The average Bonchev–Trinajstić information content (AvgIpc) is 1.89. The van der Waals surface area contributed by atoms with E-state index in [0.29, 0.717) is 0 Å². The second-order valence-electron chi connectivity index (χ2n) is 2.59. The van der Waals surface area contributed by atoms with Crippen LogP contribution in [0.3, 0.4) is 0 Å². The Morgan fingerprint density at radius 1 is 1.33 bits per heavy atom. The van der Waals surface area contributed by atoms with Crippen molar-refractivity contribution in [2.45, 2.75) is 39.5 Å². The maximum atomic E-state index is 10.4. The Morgan fingerprint density at radius 3 is 2.08 bits per heavy atom. The quantitative estimate of drug-likeness (QED) is 0.748. The molecule has 0 rings (SSSR count). The Kier molecular flexibility index (Phi) is 18.5. The first-order valence-electron chi connectivity index (χ1n) is 3.95. The molecule has 12 heavy (non-hydrogen) atoms. The van der Waals surface area contributed by atoms with Gasteiger partial charge in [-0.1, -0.05) is 26.7 Å². The fourth-order valence-corrected chi connectivity index (χ4v) is 0.953. The molecule has 68 valence electrons. The summed E-state index contributed by atoms with van der Waals surface area (Å²) < 4.78 is 0. The van der Waals surface area contributed by atoms with Crippen molar-refractivity contribution in [3.05, 3.63) is 0 Å². The van der Waals surface area contributed by atoms with Crippen molar-refractivity contribution in [1.82, 2.24) is 0 Å². The normalized spacial score (nSPS) is 10.8. The van der Waals surface area contributed by atoms with E-state index in [1.807, 2.05) is 6.92 Å². The predicted molar refractivity (Wildman–Crippen MR) is 40.9 cm³/mol. The SMILES string of the molecule is CCCCC(CC)C(=O)O.[Ti].[Ti]. The van der Waals surface area contributed by atoms with E-state index in [1.165, 1.54) is 0 Å². The van der Waals surface area contributed by atoms with Crippen LogP contribution in [-0.4, -0.2) is 11.1 Å². The minimum atomic E-state index is -0.643. The molecule has 0 spiro atoms. The van der Waals surface area contributed by atoms with Crippen molar-refractivity contribution in [2.75, 3.05) is 0 Å². The van der Waals surface area contributed by atoms with Gasteiger partial charge in [-0.2, -0.15) is 0 Å². The first-order chi connectivity index (χ1) is 4.72. The van der Waals surface area contributed by atoms with Crippen molar-refractivity contribution in [1.29, 1.82) is 0 Å². The first-order valence-corrected chi connectivity index (χ1v) is 3.95. The van der Waals surface area contributed by atoms with Gasteiger partial charge >= 0.3 is 5.97 Å². The van der Waals surface area contributed by atoms with E-state index in [0.717, 1.165) is 25.7 Å². The van der Waals surface area contributed by atoms with E-state index in [2.05, 4.69) is 6.92 Å². The summed E-state index contributed by atoms with van der Waals surface area (Å²) >= 11 is 0. The van der Waals surface area contributed by atoms with Crippen molar-refractivity contribution in [2.24, 2.45) is 5.92 Å². The number of carbonyl (C=O) groups is 1. The predicted octanol–water partition coefficient (Wildman–Crippen LogP) is 2.28. The van der Waals surface area contributed by atoms with Crippen LogP contribution in [0.15, 0.2) is 0 Å². The topological polar surface area (TPSA) is 37.3 Å². The van der Waals surface area contributed by atoms with Crippen molar-refractivity contribution < 1.29 is 53.3 Å². The fourth-order valence-electron chi connectivity index (χ4n) is 0.953. The molecule has 1 atom stereocenters. The van der Waals surface area contributed by atoms with Crippen LogP contribution in [0.1, 0.15) is 39.5 Å². The molecule has 1 N–H and O–H groups in total. The maximum Gasteiger partial charge on any atom is 0.306 e. The zero-order valence-electron chi connectivity index (χ0n) is 7.76. The third-order valence-corrected chi connectivity index (χ3v) is 1.75. The Labute approximate surface area is 104 Å². The van der Waals surface area contributed by atoms with E-state index in [9.17, 15) is 4.79 Å². The molecule has 0 saturated carbocycles. The standard InChI is InChI=1S/C8H16O2.2Ti/c1-3-5-6-7(4-2)8(9)10;;/h7H,3-6H2,1-2H3,(H,9,10);;. The summed E-state index contributed by atoms with van der Waals surface area (Å²) in [6, 6.07) is 0. The summed E-state index contributed by atoms with van der Waals surface area (Å²) in [5, 5.41) is 8.60. The summed E-state index contributed by atoms with van der Waals surface area (Å²) in [5.41, 5.74) is 0. The van der Waals surface area contributed by atoms with Gasteiger partial charge in [0.15, 0.2) is 0 Å². The van der Waals surface area contributed by atoms with E-state index in [-0.39, 0.29) is 49.4 Å². The van der Waals surface area contributed by atoms with Crippen LogP contribution >= 0.6 is 0 Å². The van der Waals surface area contributed by atoms with E-state index >= 15 is 0 Å². The molecule has 0 bridgehead atoms. The fraction of sp³-hybridized carbons (Fsp3) is 0.875. The molecular weight excluding hydrogens is 224 g/mol. The Morgan fingerprint density at radius 2 is 1.83 bits per heavy atom. The summed E-state index contributed by atoms with van der Waals surface area (Å²) in [6.07, 6.45) is 3.71. The van der Waals surface area contributed by atoms with Crippen molar-refractivity contribution >= 4 is 5.97 Å². The number of carboxylic acid groups (broad SMARTS) is 1. The molecule has 4 heteroatoms. The molecule has 0 heterocycles. The van der Waals surface area contributed by atoms with Gasteiger partial charge in [-0.25, -0.2) is 0 Å². The van der Waals surface area contributed by atoms with Gasteiger partial charge < -0.3 is 5.11 Å². The first kappa shape index (κ1) is 18.6. The average molecular weight is 240 g/mol. The Balaban J connectivity index is -0.000000405. The third kappa shape index (κ3) is 8.99. The molecule has 2 nitrogen and oxygen atoms in total. The molecule has 0 fully saturated rings. The molecule has 0 aliphatic rings. The van der Waals surface area contributed by atoms with Crippen LogP contribution < -0.4 is 0 Å². The second kappa shape index (κ2) is 11.9. The van der Waals surface area contributed by atoms with E-state index < -0.39 is 5.97 Å². The van der Waals surface area contributed by atoms with Gasteiger partial charge in [0.05, 0.1) is 5.92 Å². The minimum absolute atomic E-state index is 0. The molecule has 0 aliphatic carbocycles. The van der Waals surface area contributed by atoms with Gasteiger partial charge in [0.25, 0.3) is 0 Å². The number of unbranched alkanes of at least 4 members (excludes halogenated alkanes) is 1. The van der Waals surface area contributed by atoms with Gasteiger partial charge in [0.1, 0.15) is 0 Å². The molecule has 0 saturated heterocycles. The summed E-state index contributed by atoms with van der Waals surface area (Å²) in [4.78, 5) is 10.4. The number of aliphatic carboxylic acids is 1. The monoisotopic (exact) mass is 240 g/mol. The van der Waals surface area contributed by atoms with Gasteiger partial charge in [-0.05, 0) is 12.8 Å². The summed E-state index contributed by atoms with van der Waals surface area (Å²) in [7, 11) is 0. The van der Waals surface area contributed by atoms with Crippen LogP contribution in [0, 0.1) is 5.92 Å². The van der Waals surface area contributed by atoms with E-state index in [1.54, 1.807) is 0 Å². The minimum Gasteiger partial charge on any atom is -0.481 e. The number of hydrogen-bond donors (Lipinski definition) is 1. The van der Waals surface area contributed by atoms with Crippen LogP contribution in [0.25, 0.3) is 0 Å². The zero-order chi connectivity index (χ0) is 7.98. The van der Waals surface area contributed by atoms with Crippen LogP contribution in [0.2, 0.25) is 0 Å². The van der Waals surface area contributed by atoms with Crippen molar-refractivity contribution in [3.63, 3.8) is 0 Å². The summed E-state index contributed by atoms with van der Waals surface area (Å²) in [5.74, 6) is -0.754. The molecule has 0 aliphatic heterocycles. The maximum absolute atomic E-state index is 10.4. The van der Waals surface area contributed by atoms with Gasteiger partial charge in [0.2, 0.25) is 0 Å². The number of hydrogen-bond acceptors (Lipinski definition) is 1. The largest absolute Gasteiger partial charge is 0.481 e. The smallest absolute Gasteiger partial charge is 0.306 e. The zero-order valence-corrected chi connectivity index (χ0v) is 10.9.